The fourth-order valence-electron chi connectivity index (χ4n) is 3.42. The molecule has 5 nitrogen and oxygen atoms in total. The van der Waals surface area contributed by atoms with Crippen molar-refractivity contribution in [2.75, 3.05) is 20.0 Å². The first-order chi connectivity index (χ1) is 12.1. The van der Waals surface area contributed by atoms with Gasteiger partial charge in [-0.25, -0.2) is 0 Å². The number of benzene rings is 2. The SMILES string of the molecule is COc1ccc(OC)c(CC(=O)NC2CCCc3cc(N)ccc32)c1. The van der Waals surface area contributed by atoms with Crippen LogP contribution in [0.25, 0.3) is 0 Å². The molecule has 0 fully saturated rings. The molecule has 0 heterocycles. The van der Waals surface area contributed by atoms with E-state index in [1.807, 2.05) is 36.4 Å². The van der Waals surface area contributed by atoms with E-state index in [1.165, 1.54) is 11.1 Å². The lowest BCUT2D eigenvalue weighted by Gasteiger charge is -2.27. The third kappa shape index (κ3) is 3.87. The zero-order valence-electron chi connectivity index (χ0n) is 14.7. The van der Waals surface area contributed by atoms with Gasteiger partial charge in [0, 0.05) is 11.3 Å². The molecule has 0 bridgehead atoms. The molecule has 1 atom stereocenters. The summed E-state index contributed by atoms with van der Waals surface area (Å²) in [5.41, 5.74) is 9.86. The Kier molecular flexibility index (Phi) is 5.12. The van der Waals surface area contributed by atoms with Crippen LogP contribution in [0, 0.1) is 0 Å². The molecule has 0 radical (unpaired) electrons. The van der Waals surface area contributed by atoms with Gasteiger partial charge in [-0.2, -0.15) is 0 Å². The van der Waals surface area contributed by atoms with Crippen molar-refractivity contribution < 1.29 is 14.3 Å². The van der Waals surface area contributed by atoms with E-state index in [1.54, 1.807) is 14.2 Å². The summed E-state index contributed by atoms with van der Waals surface area (Å²) in [4.78, 5) is 12.6. The lowest BCUT2D eigenvalue weighted by atomic mass is 9.87. The van der Waals surface area contributed by atoms with Crippen LogP contribution in [0.5, 0.6) is 11.5 Å². The van der Waals surface area contributed by atoms with Gasteiger partial charge in [-0.3, -0.25) is 4.79 Å². The fraction of sp³-hybridized carbons (Fsp3) is 0.350. The molecule has 2 aromatic rings. The average Bonchev–Trinajstić information content (AvgIpc) is 2.61. The average molecular weight is 340 g/mol. The van der Waals surface area contributed by atoms with E-state index in [-0.39, 0.29) is 18.4 Å². The largest absolute Gasteiger partial charge is 0.497 e. The lowest BCUT2D eigenvalue weighted by molar-refractivity contribution is -0.121. The number of aryl methyl sites for hydroxylation is 1. The van der Waals surface area contributed by atoms with Crippen molar-refractivity contribution in [1.82, 2.24) is 5.32 Å². The first-order valence-corrected chi connectivity index (χ1v) is 8.49. The Balaban J connectivity index is 1.74. The van der Waals surface area contributed by atoms with Crippen molar-refractivity contribution in [2.24, 2.45) is 0 Å². The molecular weight excluding hydrogens is 316 g/mol. The Bertz CT molecular complexity index is 774. The van der Waals surface area contributed by atoms with Crippen LogP contribution in [0.4, 0.5) is 5.69 Å². The molecule has 3 N–H and O–H groups in total. The minimum Gasteiger partial charge on any atom is -0.497 e. The molecule has 0 saturated heterocycles. The highest BCUT2D eigenvalue weighted by Gasteiger charge is 2.22. The molecule has 0 spiro atoms. The molecule has 25 heavy (non-hydrogen) atoms. The third-order valence-corrected chi connectivity index (χ3v) is 4.66. The maximum atomic E-state index is 12.6. The third-order valence-electron chi connectivity index (χ3n) is 4.66. The quantitative estimate of drug-likeness (QED) is 0.821. The molecule has 0 aliphatic heterocycles. The second kappa shape index (κ2) is 7.47. The number of ether oxygens (including phenoxy) is 2. The Morgan fingerprint density at radius 2 is 2.04 bits per heavy atom. The van der Waals surface area contributed by atoms with Crippen molar-refractivity contribution in [1.29, 1.82) is 0 Å². The van der Waals surface area contributed by atoms with Gasteiger partial charge < -0.3 is 20.5 Å². The van der Waals surface area contributed by atoms with Crippen molar-refractivity contribution in [3.05, 3.63) is 53.1 Å². The van der Waals surface area contributed by atoms with Crippen molar-refractivity contribution in [3.8, 4) is 11.5 Å². The highest BCUT2D eigenvalue weighted by molar-refractivity contribution is 5.80. The van der Waals surface area contributed by atoms with Gasteiger partial charge in [0.15, 0.2) is 0 Å². The van der Waals surface area contributed by atoms with E-state index in [9.17, 15) is 4.79 Å². The van der Waals surface area contributed by atoms with E-state index in [0.717, 1.165) is 30.5 Å². The summed E-state index contributed by atoms with van der Waals surface area (Å²) >= 11 is 0. The number of nitrogen functional groups attached to an aromatic ring is 1. The van der Waals surface area contributed by atoms with Gasteiger partial charge >= 0.3 is 0 Å². The number of rotatable bonds is 5. The predicted octanol–water partition coefficient (Wildman–Crippen LogP) is 3.02. The molecular formula is C20H24N2O3. The minimum absolute atomic E-state index is 0.0266. The van der Waals surface area contributed by atoms with E-state index in [4.69, 9.17) is 15.2 Å². The van der Waals surface area contributed by atoms with Gasteiger partial charge in [0.2, 0.25) is 5.91 Å². The van der Waals surface area contributed by atoms with Crippen LogP contribution >= 0.6 is 0 Å². The Hall–Kier alpha value is -2.69. The summed E-state index contributed by atoms with van der Waals surface area (Å²) in [6.07, 6.45) is 3.25. The van der Waals surface area contributed by atoms with Gasteiger partial charge in [-0.1, -0.05) is 6.07 Å². The summed E-state index contributed by atoms with van der Waals surface area (Å²) < 4.78 is 10.6. The summed E-state index contributed by atoms with van der Waals surface area (Å²) in [6.45, 7) is 0. The van der Waals surface area contributed by atoms with Gasteiger partial charge in [-0.05, 0) is 60.7 Å². The number of anilines is 1. The van der Waals surface area contributed by atoms with Gasteiger partial charge in [0.25, 0.3) is 0 Å². The van der Waals surface area contributed by atoms with Crippen LogP contribution in [-0.4, -0.2) is 20.1 Å². The number of methoxy groups -OCH3 is 2. The smallest absolute Gasteiger partial charge is 0.225 e. The Morgan fingerprint density at radius 1 is 1.20 bits per heavy atom. The standard InChI is InChI=1S/C20H24N2O3/c1-24-16-7-9-19(25-2)14(11-16)12-20(23)22-18-5-3-4-13-10-15(21)6-8-17(13)18/h6-11,18H,3-5,12,21H2,1-2H3,(H,22,23). The van der Waals surface area contributed by atoms with Crippen LogP contribution in [0.1, 0.15) is 35.6 Å². The molecule has 1 aliphatic rings. The predicted molar refractivity (Wildman–Crippen MR) is 97.9 cm³/mol. The molecule has 0 saturated carbocycles. The fourth-order valence-corrected chi connectivity index (χ4v) is 3.42. The number of nitrogens with one attached hydrogen (secondary N) is 1. The van der Waals surface area contributed by atoms with Gasteiger partial charge in [0.05, 0.1) is 26.7 Å². The molecule has 1 amide bonds. The molecule has 1 aliphatic carbocycles. The number of amides is 1. The van der Waals surface area contributed by atoms with E-state index < -0.39 is 0 Å². The number of hydrogen-bond acceptors (Lipinski definition) is 4. The van der Waals surface area contributed by atoms with E-state index >= 15 is 0 Å². The molecule has 3 rings (SSSR count). The Morgan fingerprint density at radius 3 is 2.80 bits per heavy atom. The number of carbonyl (C=O) groups is 1. The van der Waals surface area contributed by atoms with Crippen molar-refractivity contribution in [3.63, 3.8) is 0 Å². The van der Waals surface area contributed by atoms with Crippen LogP contribution in [0.3, 0.4) is 0 Å². The summed E-state index contributed by atoms with van der Waals surface area (Å²) in [6, 6.07) is 11.5. The molecule has 1 unspecified atom stereocenters. The number of nitrogens with two attached hydrogens (primary N) is 1. The van der Waals surface area contributed by atoms with Crippen molar-refractivity contribution in [2.45, 2.75) is 31.7 Å². The topological polar surface area (TPSA) is 73.6 Å². The zero-order chi connectivity index (χ0) is 17.8. The first kappa shape index (κ1) is 17.1. The maximum absolute atomic E-state index is 12.6. The van der Waals surface area contributed by atoms with E-state index in [2.05, 4.69) is 5.32 Å². The molecule has 2 aromatic carbocycles. The molecule has 0 aromatic heterocycles. The summed E-state index contributed by atoms with van der Waals surface area (Å²) in [7, 11) is 3.21. The second-order valence-electron chi connectivity index (χ2n) is 6.33. The normalized spacial score (nSPS) is 16.0. The second-order valence-corrected chi connectivity index (χ2v) is 6.33. The maximum Gasteiger partial charge on any atom is 0.225 e. The van der Waals surface area contributed by atoms with Crippen LogP contribution in [0.2, 0.25) is 0 Å². The lowest BCUT2D eigenvalue weighted by Crippen LogP contribution is -2.32. The highest BCUT2D eigenvalue weighted by atomic mass is 16.5. The summed E-state index contributed by atoms with van der Waals surface area (Å²) in [5, 5.41) is 3.16. The number of fused-ring (bicyclic) bond motifs is 1. The highest BCUT2D eigenvalue weighted by Crippen LogP contribution is 2.31. The van der Waals surface area contributed by atoms with Gasteiger partial charge in [-0.15, -0.1) is 0 Å². The Labute approximate surface area is 148 Å². The summed E-state index contributed by atoms with van der Waals surface area (Å²) in [5.74, 6) is 1.37. The van der Waals surface area contributed by atoms with Crippen molar-refractivity contribution >= 4 is 11.6 Å². The van der Waals surface area contributed by atoms with Crippen LogP contribution in [-0.2, 0) is 17.6 Å². The monoisotopic (exact) mass is 340 g/mol. The minimum atomic E-state index is -0.0266. The molecule has 132 valence electrons. The van der Waals surface area contributed by atoms with Crippen LogP contribution in [0.15, 0.2) is 36.4 Å². The van der Waals surface area contributed by atoms with E-state index in [0.29, 0.717) is 11.5 Å². The number of hydrogen-bond donors (Lipinski definition) is 2. The van der Waals surface area contributed by atoms with Crippen LogP contribution < -0.4 is 20.5 Å². The molecule has 5 heteroatoms. The first-order valence-electron chi connectivity index (χ1n) is 8.49. The van der Waals surface area contributed by atoms with Gasteiger partial charge in [0.1, 0.15) is 11.5 Å². The zero-order valence-corrected chi connectivity index (χ0v) is 14.7. The number of carbonyl (C=O) groups excluding carboxylic acids is 1.